The van der Waals surface area contributed by atoms with Crippen LogP contribution >= 0.6 is 12.4 Å². The van der Waals surface area contributed by atoms with Gasteiger partial charge in [0.05, 0.1) is 9.79 Å². The summed E-state index contributed by atoms with van der Waals surface area (Å²) in [6.07, 6.45) is 2.91. The number of aryl methyl sites for hydroxylation is 1. The minimum Gasteiger partial charge on any atom is -0.330 e. The fourth-order valence-electron chi connectivity index (χ4n) is 3.07. The van der Waals surface area contributed by atoms with E-state index < -0.39 is 15.7 Å². The lowest BCUT2D eigenvalue weighted by molar-refractivity contribution is 0.558. The SMILES string of the molecule is Cl.NCC1CCCc2cc(S(=O)(=O)c3cccc(F)c3)ccc21. The molecule has 2 aromatic carbocycles. The molecule has 6 heteroatoms. The molecule has 0 fully saturated rings. The number of hydrogen-bond acceptors (Lipinski definition) is 3. The van der Waals surface area contributed by atoms with E-state index in [0.717, 1.165) is 36.5 Å². The minimum absolute atomic E-state index is 0. The summed E-state index contributed by atoms with van der Waals surface area (Å²) in [6.45, 7) is 0.572. The molecule has 0 aliphatic heterocycles. The zero-order valence-corrected chi connectivity index (χ0v) is 14.2. The highest BCUT2D eigenvalue weighted by molar-refractivity contribution is 7.91. The Kier molecular flexibility index (Phi) is 5.45. The molecule has 0 amide bonds. The van der Waals surface area contributed by atoms with Crippen LogP contribution in [0.2, 0.25) is 0 Å². The molecule has 0 bridgehead atoms. The van der Waals surface area contributed by atoms with Gasteiger partial charge in [-0.15, -0.1) is 12.4 Å². The van der Waals surface area contributed by atoms with E-state index in [1.165, 1.54) is 18.2 Å². The molecule has 1 unspecified atom stereocenters. The Labute approximate surface area is 142 Å². The molecule has 2 N–H and O–H groups in total. The Balaban J connectivity index is 0.00000192. The number of benzene rings is 2. The Morgan fingerprint density at radius 2 is 1.87 bits per heavy atom. The van der Waals surface area contributed by atoms with Gasteiger partial charge in [-0.2, -0.15) is 0 Å². The van der Waals surface area contributed by atoms with E-state index in [2.05, 4.69) is 0 Å². The molecule has 1 atom stereocenters. The maximum Gasteiger partial charge on any atom is 0.206 e. The lowest BCUT2D eigenvalue weighted by Crippen LogP contribution is -2.18. The molecular weight excluding hydrogens is 337 g/mol. The summed E-state index contributed by atoms with van der Waals surface area (Å²) in [5.41, 5.74) is 7.98. The second kappa shape index (κ2) is 6.99. The van der Waals surface area contributed by atoms with E-state index in [4.69, 9.17) is 5.73 Å². The van der Waals surface area contributed by atoms with Crippen LogP contribution in [0.15, 0.2) is 52.3 Å². The molecule has 0 saturated heterocycles. The van der Waals surface area contributed by atoms with Crippen molar-refractivity contribution in [3.63, 3.8) is 0 Å². The molecule has 23 heavy (non-hydrogen) atoms. The third-order valence-corrected chi connectivity index (χ3v) is 6.00. The number of sulfone groups is 1. The molecule has 1 aliphatic carbocycles. The molecule has 0 spiro atoms. The van der Waals surface area contributed by atoms with Crippen LogP contribution in [0.3, 0.4) is 0 Å². The van der Waals surface area contributed by atoms with Crippen LogP contribution in [0.1, 0.15) is 29.9 Å². The van der Waals surface area contributed by atoms with Crippen LogP contribution in [0, 0.1) is 5.82 Å². The second-order valence-corrected chi connectivity index (χ2v) is 7.60. The van der Waals surface area contributed by atoms with Crippen LogP contribution in [0.25, 0.3) is 0 Å². The Bertz CT molecular complexity index is 808. The van der Waals surface area contributed by atoms with Crippen molar-refractivity contribution in [1.82, 2.24) is 0 Å². The van der Waals surface area contributed by atoms with E-state index in [1.807, 2.05) is 6.07 Å². The summed E-state index contributed by atoms with van der Waals surface area (Å²) < 4.78 is 38.6. The fraction of sp³-hybridized carbons (Fsp3) is 0.294. The van der Waals surface area contributed by atoms with Crippen LogP contribution in [0.5, 0.6) is 0 Å². The zero-order chi connectivity index (χ0) is 15.7. The third kappa shape index (κ3) is 3.42. The largest absolute Gasteiger partial charge is 0.330 e. The summed E-state index contributed by atoms with van der Waals surface area (Å²) in [5.74, 6) is -0.253. The molecule has 0 radical (unpaired) electrons. The van der Waals surface area contributed by atoms with Crippen LogP contribution in [0.4, 0.5) is 4.39 Å². The van der Waals surface area contributed by atoms with Crippen molar-refractivity contribution in [3.05, 3.63) is 59.4 Å². The quantitative estimate of drug-likeness (QED) is 0.917. The smallest absolute Gasteiger partial charge is 0.206 e. The topological polar surface area (TPSA) is 60.2 Å². The van der Waals surface area contributed by atoms with E-state index in [9.17, 15) is 12.8 Å². The van der Waals surface area contributed by atoms with Gasteiger partial charge in [-0.3, -0.25) is 0 Å². The van der Waals surface area contributed by atoms with E-state index in [-0.39, 0.29) is 22.2 Å². The first-order valence-corrected chi connectivity index (χ1v) is 8.84. The van der Waals surface area contributed by atoms with Crippen molar-refractivity contribution in [2.75, 3.05) is 6.54 Å². The van der Waals surface area contributed by atoms with Crippen molar-refractivity contribution in [2.24, 2.45) is 5.73 Å². The molecule has 0 aromatic heterocycles. The summed E-state index contributed by atoms with van der Waals surface area (Å²) in [6, 6.07) is 10.3. The normalized spacial score (nSPS) is 17.2. The average molecular weight is 356 g/mol. The summed E-state index contributed by atoms with van der Waals surface area (Å²) in [4.78, 5) is 0.202. The Morgan fingerprint density at radius 1 is 1.13 bits per heavy atom. The van der Waals surface area contributed by atoms with Gasteiger partial charge in [0.2, 0.25) is 9.84 Å². The first-order chi connectivity index (χ1) is 10.5. The van der Waals surface area contributed by atoms with Gasteiger partial charge in [0.1, 0.15) is 5.82 Å². The Morgan fingerprint density at radius 3 is 2.57 bits per heavy atom. The van der Waals surface area contributed by atoms with E-state index in [0.29, 0.717) is 12.5 Å². The van der Waals surface area contributed by atoms with Crippen molar-refractivity contribution >= 4 is 22.2 Å². The average Bonchev–Trinajstić information content (AvgIpc) is 2.53. The Hall–Kier alpha value is -1.43. The lowest BCUT2D eigenvalue weighted by atomic mass is 9.83. The minimum atomic E-state index is -3.69. The molecule has 3 rings (SSSR count). The number of rotatable bonds is 3. The summed E-state index contributed by atoms with van der Waals surface area (Å²) in [7, 11) is -3.69. The zero-order valence-electron chi connectivity index (χ0n) is 12.5. The van der Waals surface area contributed by atoms with Crippen LogP contribution in [-0.4, -0.2) is 15.0 Å². The van der Waals surface area contributed by atoms with Crippen molar-refractivity contribution in [1.29, 1.82) is 0 Å². The molecular formula is C17H19ClFNO2S. The number of hydrogen-bond donors (Lipinski definition) is 1. The van der Waals surface area contributed by atoms with Crippen molar-refractivity contribution in [3.8, 4) is 0 Å². The fourth-order valence-corrected chi connectivity index (χ4v) is 4.42. The second-order valence-electron chi connectivity index (χ2n) is 5.65. The maximum atomic E-state index is 13.3. The van der Waals surface area contributed by atoms with Crippen molar-refractivity contribution < 1.29 is 12.8 Å². The highest BCUT2D eigenvalue weighted by atomic mass is 35.5. The van der Waals surface area contributed by atoms with Gasteiger partial charge in [0, 0.05) is 0 Å². The first-order valence-electron chi connectivity index (χ1n) is 7.36. The van der Waals surface area contributed by atoms with Gasteiger partial charge in [-0.05, 0) is 73.2 Å². The third-order valence-electron chi connectivity index (χ3n) is 4.25. The maximum absolute atomic E-state index is 13.3. The summed E-state index contributed by atoms with van der Waals surface area (Å²) >= 11 is 0. The van der Waals surface area contributed by atoms with Crippen LogP contribution in [-0.2, 0) is 16.3 Å². The van der Waals surface area contributed by atoms with Crippen molar-refractivity contribution in [2.45, 2.75) is 35.0 Å². The van der Waals surface area contributed by atoms with Crippen LogP contribution < -0.4 is 5.73 Å². The van der Waals surface area contributed by atoms with E-state index in [1.54, 1.807) is 12.1 Å². The molecule has 3 nitrogen and oxygen atoms in total. The predicted octanol–water partition coefficient (Wildman–Crippen LogP) is 3.46. The number of fused-ring (bicyclic) bond motifs is 1. The van der Waals surface area contributed by atoms with Gasteiger partial charge in [-0.1, -0.05) is 12.1 Å². The summed E-state index contributed by atoms with van der Waals surface area (Å²) in [5, 5.41) is 0. The van der Waals surface area contributed by atoms with Gasteiger partial charge in [0.15, 0.2) is 0 Å². The van der Waals surface area contributed by atoms with Gasteiger partial charge >= 0.3 is 0 Å². The van der Waals surface area contributed by atoms with E-state index >= 15 is 0 Å². The number of nitrogens with two attached hydrogens (primary N) is 1. The standard InChI is InChI=1S/C17H18FNO2S.ClH/c18-14-5-2-6-15(10-14)22(20,21)16-7-8-17-12(9-16)3-1-4-13(17)11-19;/h2,5-10,13H,1,3-4,11,19H2;1H. The van der Waals surface area contributed by atoms with Gasteiger partial charge < -0.3 is 5.73 Å². The highest BCUT2D eigenvalue weighted by Crippen LogP contribution is 2.33. The lowest BCUT2D eigenvalue weighted by Gasteiger charge is -2.24. The highest BCUT2D eigenvalue weighted by Gasteiger charge is 2.23. The molecule has 0 heterocycles. The molecule has 2 aromatic rings. The van der Waals surface area contributed by atoms with Gasteiger partial charge in [0.25, 0.3) is 0 Å². The van der Waals surface area contributed by atoms with Gasteiger partial charge in [-0.25, -0.2) is 12.8 Å². The molecule has 124 valence electrons. The predicted molar refractivity (Wildman–Crippen MR) is 90.3 cm³/mol. The monoisotopic (exact) mass is 355 g/mol. The molecule has 1 aliphatic rings. The number of halogens is 2. The first kappa shape index (κ1) is 17.9. The molecule has 0 saturated carbocycles.